The second kappa shape index (κ2) is 15.3. The van der Waals surface area contributed by atoms with Crippen molar-refractivity contribution in [1.82, 2.24) is 15.5 Å². The number of benzene rings is 1. The lowest BCUT2D eigenvalue weighted by molar-refractivity contribution is -0.144. The van der Waals surface area contributed by atoms with Gasteiger partial charge in [0.15, 0.2) is 0 Å². The van der Waals surface area contributed by atoms with Crippen LogP contribution < -0.4 is 10.6 Å². The van der Waals surface area contributed by atoms with Crippen molar-refractivity contribution < 1.29 is 19.1 Å². The van der Waals surface area contributed by atoms with Crippen LogP contribution in [0.25, 0.3) is 0 Å². The summed E-state index contributed by atoms with van der Waals surface area (Å²) in [5, 5.41) is 5.96. The van der Waals surface area contributed by atoms with E-state index in [0.29, 0.717) is 13.0 Å². The normalized spacial score (nSPS) is 14.2. The first-order valence-electron chi connectivity index (χ1n) is 14.7. The van der Waals surface area contributed by atoms with E-state index in [1.54, 1.807) is 25.7 Å². The van der Waals surface area contributed by atoms with Crippen LogP contribution in [0.2, 0.25) is 0 Å². The number of nitrogens with zero attached hydrogens (tertiary/aromatic N) is 1. The van der Waals surface area contributed by atoms with Gasteiger partial charge in [-0.05, 0) is 73.3 Å². The van der Waals surface area contributed by atoms with Crippen molar-refractivity contribution in [3.8, 4) is 0 Å². The van der Waals surface area contributed by atoms with Gasteiger partial charge in [-0.15, -0.1) is 0 Å². The Morgan fingerprint density at radius 1 is 0.897 bits per heavy atom. The second-order valence-corrected chi connectivity index (χ2v) is 13.0. The zero-order valence-corrected chi connectivity index (χ0v) is 26.5. The zero-order valence-electron chi connectivity index (χ0n) is 26.5. The fraction of sp³-hybridized carbons (Fsp3) is 0.719. The van der Waals surface area contributed by atoms with Gasteiger partial charge in [-0.1, -0.05) is 82.2 Å². The van der Waals surface area contributed by atoms with E-state index in [1.807, 2.05) is 60.6 Å². The molecule has 0 spiro atoms. The molecule has 1 aromatic rings. The topological polar surface area (TPSA) is 87.7 Å². The van der Waals surface area contributed by atoms with Crippen LogP contribution in [0.5, 0.6) is 0 Å². The van der Waals surface area contributed by atoms with Crippen molar-refractivity contribution >= 4 is 17.9 Å². The maximum Gasteiger partial charge on any atom is 0.408 e. The highest BCUT2D eigenvalue weighted by Gasteiger charge is 2.38. The molecule has 0 aliphatic rings. The maximum absolute atomic E-state index is 14.4. The van der Waals surface area contributed by atoms with Gasteiger partial charge in [-0.2, -0.15) is 0 Å². The van der Waals surface area contributed by atoms with Crippen LogP contribution in [0.4, 0.5) is 4.79 Å². The summed E-state index contributed by atoms with van der Waals surface area (Å²) < 4.78 is 5.51. The highest BCUT2D eigenvalue weighted by Crippen LogP contribution is 2.28. The summed E-state index contributed by atoms with van der Waals surface area (Å²) in [6, 6.07) is 4.38. The average molecular weight is 546 g/mol. The molecule has 0 saturated heterocycles. The van der Waals surface area contributed by atoms with Crippen LogP contribution in [0.15, 0.2) is 18.2 Å². The smallest absolute Gasteiger partial charge is 0.408 e. The standard InChI is InChI=1S/C32H55N3O4/c1-12-14-15-16-17-18-35(29(37)26(24(5)13-2)33-30(38)39-32(9,10)11)27(28(36)34-31(6,7)8)25-20-22(3)19-23(4)21-25/h19-21,24,26-27H,12-18H2,1-11H3,(H,33,38)(H,34,36). The summed E-state index contributed by atoms with van der Waals surface area (Å²) in [6.45, 7) is 21.7. The minimum absolute atomic E-state index is 0.154. The minimum Gasteiger partial charge on any atom is -0.444 e. The van der Waals surface area contributed by atoms with Gasteiger partial charge in [0.1, 0.15) is 17.7 Å². The molecule has 0 aromatic heterocycles. The lowest BCUT2D eigenvalue weighted by Gasteiger charge is -2.37. The highest BCUT2D eigenvalue weighted by atomic mass is 16.6. The van der Waals surface area contributed by atoms with Crippen molar-refractivity contribution in [3.63, 3.8) is 0 Å². The molecule has 0 aliphatic heterocycles. The van der Waals surface area contributed by atoms with Gasteiger partial charge < -0.3 is 20.3 Å². The third-order valence-corrected chi connectivity index (χ3v) is 6.55. The summed E-state index contributed by atoms with van der Waals surface area (Å²) in [6.07, 6.45) is 5.12. The van der Waals surface area contributed by atoms with Crippen LogP contribution >= 0.6 is 0 Å². The molecule has 0 bridgehead atoms. The van der Waals surface area contributed by atoms with Crippen LogP contribution in [0.1, 0.15) is 124 Å². The highest BCUT2D eigenvalue weighted by molar-refractivity contribution is 5.92. The minimum atomic E-state index is -0.825. The Balaban J connectivity index is 3.60. The Labute approximate surface area is 237 Å². The van der Waals surface area contributed by atoms with E-state index in [1.165, 1.54) is 0 Å². The number of amides is 3. The number of rotatable bonds is 13. The first-order valence-corrected chi connectivity index (χ1v) is 14.7. The molecule has 0 heterocycles. The van der Waals surface area contributed by atoms with Crippen molar-refractivity contribution in [3.05, 3.63) is 34.9 Å². The summed E-state index contributed by atoms with van der Waals surface area (Å²) in [5.74, 6) is -0.647. The van der Waals surface area contributed by atoms with Crippen molar-refractivity contribution in [2.24, 2.45) is 5.92 Å². The van der Waals surface area contributed by atoms with Gasteiger partial charge in [0.05, 0.1) is 0 Å². The molecule has 222 valence electrons. The third-order valence-electron chi connectivity index (χ3n) is 6.55. The monoisotopic (exact) mass is 545 g/mol. The van der Waals surface area contributed by atoms with Crippen molar-refractivity contribution in [1.29, 1.82) is 0 Å². The van der Waals surface area contributed by atoms with E-state index in [0.717, 1.165) is 48.8 Å². The number of carbonyl (C=O) groups excluding carboxylic acids is 3. The van der Waals surface area contributed by atoms with E-state index in [4.69, 9.17) is 4.74 Å². The molecule has 3 atom stereocenters. The fourth-order valence-electron chi connectivity index (χ4n) is 4.63. The van der Waals surface area contributed by atoms with Crippen LogP contribution in [-0.2, 0) is 14.3 Å². The Bertz CT molecular complexity index is 925. The van der Waals surface area contributed by atoms with Gasteiger partial charge in [-0.3, -0.25) is 9.59 Å². The quantitative estimate of drug-likeness (QED) is 0.261. The van der Waals surface area contributed by atoms with Crippen LogP contribution in [0.3, 0.4) is 0 Å². The molecule has 39 heavy (non-hydrogen) atoms. The van der Waals surface area contributed by atoms with Crippen LogP contribution in [-0.4, -0.2) is 46.5 Å². The number of nitrogens with one attached hydrogen (secondary N) is 2. The van der Waals surface area contributed by atoms with Gasteiger partial charge >= 0.3 is 6.09 Å². The lowest BCUT2D eigenvalue weighted by Crippen LogP contribution is -2.56. The Kier molecular flexibility index (Phi) is 13.5. The number of alkyl carbamates (subject to hydrolysis) is 1. The second-order valence-electron chi connectivity index (χ2n) is 13.0. The predicted molar refractivity (Wildman–Crippen MR) is 160 cm³/mol. The van der Waals surface area contributed by atoms with Crippen molar-refractivity contribution in [2.45, 2.75) is 138 Å². The Morgan fingerprint density at radius 2 is 1.46 bits per heavy atom. The predicted octanol–water partition coefficient (Wildman–Crippen LogP) is 7.00. The van der Waals surface area contributed by atoms with E-state index in [9.17, 15) is 14.4 Å². The molecule has 3 unspecified atom stereocenters. The van der Waals surface area contributed by atoms with Crippen LogP contribution in [0, 0.1) is 19.8 Å². The largest absolute Gasteiger partial charge is 0.444 e. The summed E-state index contributed by atoms with van der Waals surface area (Å²) in [7, 11) is 0. The fourth-order valence-corrected chi connectivity index (χ4v) is 4.63. The SMILES string of the molecule is CCCCCCCN(C(=O)C(NC(=O)OC(C)(C)C)C(C)CC)C(C(=O)NC(C)(C)C)c1cc(C)cc(C)c1. The molecule has 1 rings (SSSR count). The average Bonchev–Trinajstić information content (AvgIpc) is 2.77. The summed E-state index contributed by atoms with van der Waals surface area (Å²) in [4.78, 5) is 42.8. The molecule has 2 N–H and O–H groups in total. The number of unbranched alkanes of at least 4 members (excludes halogenated alkanes) is 4. The number of aryl methyl sites for hydroxylation is 2. The van der Waals surface area contributed by atoms with Gasteiger partial charge in [0.2, 0.25) is 11.8 Å². The molecular weight excluding hydrogens is 490 g/mol. The maximum atomic E-state index is 14.4. The van der Waals surface area contributed by atoms with Gasteiger partial charge in [-0.25, -0.2) is 4.79 Å². The Hall–Kier alpha value is -2.57. The lowest BCUT2D eigenvalue weighted by atomic mass is 9.94. The molecule has 7 heteroatoms. The number of carbonyl (C=O) groups is 3. The number of ether oxygens (including phenoxy) is 1. The van der Waals surface area contributed by atoms with Gasteiger partial charge in [0, 0.05) is 12.1 Å². The first kappa shape index (κ1) is 34.5. The molecular formula is C32H55N3O4. The summed E-state index contributed by atoms with van der Waals surface area (Å²) in [5.41, 5.74) is 1.66. The van der Waals surface area contributed by atoms with E-state index >= 15 is 0 Å². The van der Waals surface area contributed by atoms with E-state index in [2.05, 4.69) is 23.6 Å². The number of hydrogen-bond acceptors (Lipinski definition) is 4. The number of hydrogen-bond donors (Lipinski definition) is 2. The molecule has 0 radical (unpaired) electrons. The molecule has 3 amide bonds. The third kappa shape index (κ3) is 12.4. The molecule has 0 fully saturated rings. The van der Waals surface area contributed by atoms with E-state index < -0.39 is 29.3 Å². The summed E-state index contributed by atoms with van der Waals surface area (Å²) >= 11 is 0. The molecule has 7 nitrogen and oxygen atoms in total. The van der Waals surface area contributed by atoms with Gasteiger partial charge in [0.25, 0.3) is 0 Å². The first-order chi connectivity index (χ1) is 18.0. The van der Waals surface area contributed by atoms with Crippen molar-refractivity contribution in [2.75, 3.05) is 6.54 Å². The Morgan fingerprint density at radius 3 is 1.95 bits per heavy atom. The van der Waals surface area contributed by atoms with E-state index in [-0.39, 0.29) is 17.7 Å². The molecule has 0 saturated carbocycles. The molecule has 0 aliphatic carbocycles. The molecule has 1 aromatic carbocycles. The zero-order chi connectivity index (χ0) is 30.0.